The number of anilines is 1. The topological polar surface area (TPSA) is 86.1 Å². The van der Waals surface area contributed by atoms with Gasteiger partial charge in [-0.05, 0) is 49.4 Å². The molecule has 1 amide bonds. The number of benzene rings is 2. The Bertz CT molecular complexity index is 1320. The van der Waals surface area contributed by atoms with Gasteiger partial charge in [0.2, 0.25) is 5.91 Å². The number of nitrogens with one attached hydrogen (secondary N) is 1. The standard InChI is InChI=1S/C23H19ClN4O3/c1-14(28-13-26-19-12-16(24)7-10-18(19)23(28)30)22(29)27-17-8-5-15(6-9-17)21-20(31-2)4-3-11-25-21/h3-14H,1-2H3,(H,27,29)/t14-/m1/s1. The van der Waals surface area contributed by atoms with Crippen LogP contribution in [0.25, 0.3) is 22.2 Å². The highest BCUT2D eigenvalue weighted by molar-refractivity contribution is 6.31. The second kappa shape index (κ2) is 8.57. The summed E-state index contributed by atoms with van der Waals surface area (Å²) in [4.78, 5) is 34.1. The van der Waals surface area contributed by atoms with Crippen LogP contribution in [0.1, 0.15) is 13.0 Å². The van der Waals surface area contributed by atoms with Crippen molar-refractivity contribution in [3.05, 3.63) is 82.5 Å². The fraction of sp³-hybridized carbons (Fsp3) is 0.130. The van der Waals surface area contributed by atoms with Crippen LogP contribution >= 0.6 is 11.6 Å². The maximum Gasteiger partial charge on any atom is 0.261 e. The minimum absolute atomic E-state index is 0.304. The molecule has 0 aliphatic heterocycles. The predicted molar refractivity (Wildman–Crippen MR) is 121 cm³/mol. The van der Waals surface area contributed by atoms with Crippen molar-refractivity contribution in [2.45, 2.75) is 13.0 Å². The summed E-state index contributed by atoms with van der Waals surface area (Å²) in [7, 11) is 1.59. The SMILES string of the molecule is COc1cccnc1-c1ccc(NC(=O)[C@@H](C)n2cnc3cc(Cl)ccc3c2=O)cc1. The van der Waals surface area contributed by atoms with Crippen LogP contribution in [0.5, 0.6) is 5.75 Å². The van der Waals surface area contributed by atoms with E-state index in [1.165, 1.54) is 10.9 Å². The van der Waals surface area contributed by atoms with Crippen LogP contribution in [-0.4, -0.2) is 27.6 Å². The first-order valence-corrected chi connectivity index (χ1v) is 9.92. The fourth-order valence-corrected chi connectivity index (χ4v) is 3.41. The summed E-state index contributed by atoms with van der Waals surface area (Å²) >= 11 is 5.96. The van der Waals surface area contributed by atoms with Gasteiger partial charge in [0.05, 0.1) is 24.3 Å². The van der Waals surface area contributed by atoms with Crippen LogP contribution in [0.3, 0.4) is 0 Å². The summed E-state index contributed by atoms with van der Waals surface area (Å²) in [5.74, 6) is 0.331. The molecule has 7 nitrogen and oxygen atoms in total. The Kier molecular flexibility index (Phi) is 5.68. The molecule has 8 heteroatoms. The minimum Gasteiger partial charge on any atom is -0.494 e. The molecule has 2 aromatic heterocycles. The van der Waals surface area contributed by atoms with Crippen molar-refractivity contribution < 1.29 is 9.53 Å². The van der Waals surface area contributed by atoms with Crippen molar-refractivity contribution in [3.8, 4) is 17.0 Å². The number of amides is 1. The molecule has 4 aromatic rings. The molecule has 0 fully saturated rings. The normalized spacial score (nSPS) is 11.8. The van der Waals surface area contributed by atoms with Gasteiger partial charge in [-0.3, -0.25) is 19.1 Å². The average molecular weight is 435 g/mol. The first-order chi connectivity index (χ1) is 15.0. The van der Waals surface area contributed by atoms with Gasteiger partial charge >= 0.3 is 0 Å². The molecule has 0 spiro atoms. The predicted octanol–water partition coefficient (Wildman–Crippen LogP) is 4.32. The average Bonchev–Trinajstić information content (AvgIpc) is 2.79. The number of aromatic nitrogens is 3. The molecule has 4 rings (SSSR count). The third kappa shape index (κ3) is 4.13. The highest BCUT2D eigenvalue weighted by Crippen LogP contribution is 2.28. The molecular weight excluding hydrogens is 416 g/mol. The summed E-state index contributed by atoms with van der Waals surface area (Å²) in [6.45, 7) is 1.65. The molecule has 0 saturated heterocycles. The van der Waals surface area contributed by atoms with Gasteiger partial charge in [0.1, 0.15) is 17.5 Å². The van der Waals surface area contributed by atoms with Crippen LogP contribution in [0.2, 0.25) is 5.02 Å². The molecular formula is C23H19ClN4O3. The van der Waals surface area contributed by atoms with Crippen molar-refractivity contribution in [1.82, 2.24) is 14.5 Å². The minimum atomic E-state index is -0.754. The van der Waals surface area contributed by atoms with E-state index in [4.69, 9.17) is 16.3 Å². The molecule has 1 atom stereocenters. The van der Waals surface area contributed by atoms with Crippen molar-refractivity contribution in [2.24, 2.45) is 0 Å². The highest BCUT2D eigenvalue weighted by atomic mass is 35.5. The Morgan fingerprint density at radius 1 is 1.13 bits per heavy atom. The second-order valence-corrected chi connectivity index (χ2v) is 7.35. The van der Waals surface area contributed by atoms with Gasteiger partial charge in [-0.2, -0.15) is 0 Å². The molecule has 0 aliphatic rings. The van der Waals surface area contributed by atoms with Crippen molar-refractivity contribution in [2.75, 3.05) is 12.4 Å². The first-order valence-electron chi connectivity index (χ1n) is 9.54. The van der Waals surface area contributed by atoms with Gasteiger partial charge in [-0.15, -0.1) is 0 Å². The number of halogens is 1. The number of carbonyl (C=O) groups excluding carboxylic acids is 1. The van der Waals surface area contributed by atoms with Crippen molar-refractivity contribution in [1.29, 1.82) is 0 Å². The summed E-state index contributed by atoms with van der Waals surface area (Å²) < 4.78 is 6.65. The molecule has 31 heavy (non-hydrogen) atoms. The zero-order chi connectivity index (χ0) is 22.0. The summed E-state index contributed by atoms with van der Waals surface area (Å²) in [6, 6.07) is 15.0. The fourth-order valence-electron chi connectivity index (χ4n) is 3.24. The molecule has 2 aromatic carbocycles. The third-order valence-corrected chi connectivity index (χ3v) is 5.19. The maximum absolute atomic E-state index is 12.8. The number of hydrogen-bond donors (Lipinski definition) is 1. The van der Waals surface area contributed by atoms with Gasteiger partial charge < -0.3 is 10.1 Å². The lowest BCUT2D eigenvalue weighted by Gasteiger charge is -2.15. The first kappa shape index (κ1) is 20.6. The number of hydrogen-bond acceptors (Lipinski definition) is 5. The number of nitrogens with zero attached hydrogens (tertiary/aromatic N) is 3. The maximum atomic E-state index is 12.8. The Morgan fingerprint density at radius 2 is 1.90 bits per heavy atom. The molecule has 2 heterocycles. The third-order valence-electron chi connectivity index (χ3n) is 4.96. The zero-order valence-electron chi connectivity index (χ0n) is 16.9. The van der Waals surface area contributed by atoms with E-state index in [1.54, 1.807) is 56.6 Å². The number of rotatable bonds is 5. The zero-order valence-corrected chi connectivity index (χ0v) is 17.6. The van der Waals surface area contributed by atoms with Crippen LogP contribution in [0.15, 0.2) is 71.9 Å². The smallest absolute Gasteiger partial charge is 0.261 e. The van der Waals surface area contributed by atoms with Crippen molar-refractivity contribution >= 4 is 34.1 Å². The quantitative estimate of drug-likeness (QED) is 0.505. The molecule has 0 saturated carbocycles. The Balaban J connectivity index is 1.54. The number of ether oxygens (including phenoxy) is 1. The molecule has 0 bridgehead atoms. The number of methoxy groups -OCH3 is 1. The van der Waals surface area contributed by atoms with E-state index in [0.717, 1.165) is 5.56 Å². The van der Waals surface area contributed by atoms with Gasteiger partial charge in [0.25, 0.3) is 5.56 Å². The lowest BCUT2D eigenvalue weighted by atomic mass is 10.1. The van der Waals surface area contributed by atoms with Crippen LogP contribution in [0.4, 0.5) is 5.69 Å². The largest absolute Gasteiger partial charge is 0.494 e. The summed E-state index contributed by atoms with van der Waals surface area (Å²) in [5, 5.41) is 3.73. The summed E-state index contributed by atoms with van der Waals surface area (Å²) in [6.07, 6.45) is 3.06. The lowest BCUT2D eigenvalue weighted by Crippen LogP contribution is -2.31. The Hall–Kier alpha value is -3.71. The Labute approximate surface area is 183 Å². The molecule has 1 N–H and O–H groups in total. The molecule has 0 aliphatic carbocycles. The van der Waals surface area contributed by atoms with Gasteiger partial charge in [0.15, 0.2) is 0 Å². The van der Waals surface area contributed by atoms with Gasteiger partial charge in [-0.1, -0.05) is 23.7 Å². The molecule has 0 unspecified atom stereocenters. The second-order valence-electron chi connectivity index (χ2n) is 6.92. The number of fused-ring (bicyclic) bond motifs is 1. The van der Waals surface area contributed by atoms with E-state index in [1.807, 2.05) is 18.2 Å². The summed E-state index contributed by atoms with van der Waals surface area (Å²) in [5.41, 5.74) is 2.36. The van der Waals surface area contributed by atoms with Crippen LogP contribution < -0.4 is 15.6 Å². The Morgan fingerprint density at radius 3 is 2.65 bits per heavy atom. The van der Waals surface area contributed by atoms with Crippen LogP contribution in [-0.2, 0) is 4.79 Å². The van der Waals surface area contributed by atoms with E-state index in [0.29, 0.717) is 33.1 Å². The van der Waals surface area contributed by atoms with Crippen molar-refractivity contribution in [3.63, 3.8) is 0 Å². The molecule has 156 valence electrons. The van der Waals surface area contributed by atoms with E-state index in [2.05, 4.69) is 15.3 Å². The van der Waals surface area contributed by atoms with E-state index in [9.17, 15) is 9.59 Å². The van der Waals surface area contributed by atoms with E-state index in [-0.39, 0.29) is 11.5 Å². The van der Waals surface area contributed by atoms with E-state index >= 15 is 0 Å². The van der Waals surface area contributed by atoms with Crippen LogP contribution in [0, 0.1) is 0 Å². The lowest BCUT2D eigenvalue weighted by molar-refractivity contribution is -0.118. The molecule has 0 radical (unpaired) electrons. The van der Waals surface area contributed by atoms with Gasteiger partial charge in [-0.25, -0.2) is 4.98 Å². The number of pyridine rings is 1. The van der Waals surface area contributed by atoms with E-state index < -0.39 is 6.04 Å². The number of carbonyl (C=O) groups is 1. The monoisotopic (exact) mass is 434 g/mol. The van der Waals surface area contributed by atoms with Gasteiger partial charge in [0, 0.05) is 22.5 Å². The highest BCUT2D eigenvalue weighted by Gasteiger charge is 2.18.